The van der Waals surface area contributed by atoms with Crippen LogP contribution < -0.4 is 0 Å². The predicted molar refractivity (Wildman–Crippen MR) is 47.6 cm³/mol. The normalized spacial score (nSPS) is 13.2. The zero-order chi connectivity index (χ0) is 7.82. The molecule has 1 nitrogen and oxygen atoms in total. The van der Waals surface area contributed by atoms with E-state index in [1.54, 1.807) is 0 Å². The molecule has 0 aromatic heterocycles. The van der Waals surface area contributed by atoms with Crippen molar-refractivity contribution in [2.75, 3.05) is 0 Å². The minimum Gasteiger partial charge on any atom is -0.290 e. The van der Waals surface area contributed by atoms with Crippen molar-refractivity contribution in [1.82, 2.24) is 0 Å². The molecule has 56 valence electrons. The lowest BCUT2D eigenvalue weighted by molar-refractivity contribution is 0.842. The Bertz CT molecular complexity index is 141. The summed E-state index contributed by atoms with van der Waals surface area (Å²) in [5.41, 5.74) is 0. The summed E-state index contributed by atoms with van der Waals surface area (Å²) < 4.78 is 0. The van der Waals surface area contributed by atoms with Crippen LogP contribution in [-0.4, -0.2) is 12.3 Å². The molecule has 0 bridgehead atoms. The minimum atomic E-state index is 0.398. The first kappa shape index (κ1) is 9.15. The van der Waals surface area contributed by atoms with Crippen molar-refractivity contribution in [3.8, 4) is 0 Å². The predicted octanol–water partition coefficient (Wildman–Crippen LogP) is 2.60. The second kappa shape index (κ2) is 6.27. The van der Waals surface area contributed by atoms with E-state index in [0.717, 1.165) is 0 Å². The van der Waals surface area contributed by atoms with Crippen molar-refractivity contribution in [2.24, 2.45) is 4.99 Å². The molecular formula is C9H15N. The third-order valence-electron chi connectivity index (χ3n) is 0.885. The summed E-state index contributed by atoms with van der Waals surface area (Å²) in [5, 5.41) is 0. The van der Waals surface area contributed by atoms with Crippen LogP contribution >= 0.6 is 0 Å². The maximum atomic E-state index is 4.15. The van der Waals surface area contributed by atoms with Gasteiger partial charge in [-0.2, -0.15) is 0 Å². The smallest absolute Gasteiger partial charge is 0.0443 e. The molecule has 0 fully saturated rings. The van der Waals surface area contributed by atoms with Crippen molar-refractivity contribution in [3.05, 3.63) is 24.3 Å². The molecule has 0 aliphatic heterocycles. The molecule has 0 N–H and O–H groups in total. The third-order valence-corrected chi connectivity index (χ3v) is 0.885. The van der Waals surface area contributed by atoms with Crippen LogP contribution in [0.15, 0.2) is 29.3 Å². The molecule has 0 aromatic carbocycles. The number of hydrogen-bond donors (Lipinski definition) is 0. The van der Waals surface area contributed by atoms with Gasteiger partial charge in [-0.25, -0.2) is 0 Å². The first-order chi connectivity index (χ1) is 4.77. The fourth-order valence-corrected chi connectivity index (χ4v) is 0.447. The number of allylic oxidation sites excluding steroid dienone is 4. The molecule has 0 aliphatic rings. The van der Waals surface area contributed by atoms with Gasteiger partial charge in [0.1, 0.15) is 0 Å². The molecule has 0 aromatic rings. The average Bonchev–Trinajstić information content (AvgIpc) is 1.87. The van der Waals surface area contributed by atoms with Crippen molar-refractivity contribution in [2.45, 2.75) is 26.8 Å². The van der Waals surface area contributed by atoms with Crippen LogP contribution in [0.25, 0.3) is 0 Å². The molecule has 0 amide bonds. The SMILES string of the molecule is C\C=C/C=C\C=N\C(C)C. The van der Waals surface area contributed by atoms with E-state index in [9.17, 15) is 0 Å². The second-order valence-electron chi connectivity index (χ2n) is 2.30. The maximum Gasteiger partial charge on any atom is 0.0443 e. The summed E-state index contributed by atoms with van der Waals surface area (Å²) in [5.74, 6) is 0. The monoisotopic (exact) mass is 137 g/mol. The van der Waals surface area contributed by atoms with Crippen molar-refractivity contribution >= 4 is 6.21 Å². The first-order valence-electron chi connectivity index (χ1n) is 3.58. The molecule has 0 unspecified atom stereocenters. The number of hydrogen-bond acceptors (Lipinski definition) is 1. The van der Waals surface area contributed by atoms with Gasteiger partial charge >= 0.3 is 0 Å². The van der Waals surface area contributed by atoms with E-state index in [2.05, 4.69) is 18.8 Å². The van der Waals surface area contributed by atoms with Crippen molar-refractivity contribution < 1.29 is 0 Å². The van der Waals surface area contributed by atoms with E-state index in [1.807, 2.05) is 37.4 Å². The summed E-state index contributed by atoms with van der Waals surface area (Å²) in [6, 6.07) is 0.398. The lowest BCUT2D eigenvalue weighted by atomic mass is 10.4. The maximum absolute atomic E-state index is 4.15. The highest BCUT2D eigenvalue weighted by molar-refractivity contribution is 5.71. The summed E-state index contributed by atoms with van der Waals surface area (Å²) >= 11 is 0. The second-order valence-corrected chi connectivity index (χ2v) is 2.30. The highest BCUT2D eigenvalue weighted by Gasteiger charge is 1.78. The number of aliphatic imine (C=N–C) groups is 1. The van der Waals surface area contributed by atoms with Crippen LogP contribution in [0.1, 0.15) is 20.8 Å². The minimum absolute atomic E-state index is 0.398. The van der Waals surface area contributed by atoms with Gasteiger partial charge in [-0.05, 0) is 26.8 Å². The lowest BCUT2D eigenvalue weighted by Crippen LogP contribution is -1.86. The quantitative estimate of drug-likeness (QED) is 0.419. The Balaban J connectivity index is 3.51. The van der Waals surface area contributed by atoms with Gasteiger partial charge in [0, 0.05) is 12.3 Å². The number of nitrogens with zero attached hydrogens (tertiary/aromatic N) is 1. The molecule has 0 saturated carbocycles. The zero-order valence-corrected chi connectivity index (χ0v) is 6.91. The molecule has 0 spiro atoms. The summed E-state index contributed by atoms with van der Waals surface area (Å²) in [6.07, 6.45) is 9.68. The summed E-state index contributed by atoms with van der Waals surface area (Å²) in [7, 11) is 0. The fourth-order valence-electron chi connectivity index (χ4n) is 0.447. The Morgan fingerprint density at radius 3 is 2.30 bits per heavy atom. The molecule has 0 radical (unpaired) electrons. The molecule has 0 aliphatic carbocycles. The van der Waals surface area contributed by atoms with Gasteiger partial charge in [-0.3, -0.25) is 4.99 Å². The van der Waals surface area contributed by atoms with Crippen molar-refractivity contribution in [1.29, 1.82) is 0 Å². The lowest BCUT2D eigenvalue weighted by Gasteiger charge is -1.89. The Kier molecular flexibility index (Phi) is 5.74. The van der Waals surface area contributed by atoms with Gasteiger partial charge < -0.3 is 0 Å². The molecule has 0 rings (SSSR count). The Morgan fingerprint density at radius 1 is 1.10 bits per heavy atom. The highest BCUT2D eigenvalue weighted by Crippen LogP contribution is 1.82. The van der Waals surface area contributed by atoms with Gasteiger partial charge in [0.25, 0.3) is 0 Å². The Labute approximate surface area is 63.2 Å². The molecule has 10 heavy (non-hydrogen) atoms. The van der Waals surface area contributed by atoms with E-state index in [-0.39, 0.29) is 0 Å². The average molecular weight is 137 g/mol. The van der Waals surface area contributed by atoms with Crippen LogP contribution in [0.2, 0.25) is 0 Å². The van der Waals surface area contributed by atoms with Gasteiger partial charge in [-0.15, -0.1) is 0 Å². The Morgan fingerprint density at radius 2 is 1.80 bits per heavy atom. The van der Waals surface area contributed by atoms with Gasteiger partial charge in [0.2, 0.25) is 0 Å². The first-order valence-corrected chi connectivity index (χ1v) is 3.58. The van der Waals surface area contributed by atoms with Crippen LogP contribution in [0.3, 0.4) is 0 Å². The van der Waals surface area contributed by atoms with Crippen LogP contribution in [0, 0.1) is 0 Å². The topological polar surface area (TPSA) is 12.4 Å². The van der Waals surface area contributed by atoms with Gasteiger partial charge in [0.15, 0.2) is 0 Å². The largest absolute Gasteiger partial charge is 0.290 e. The summed E-state index contributed by atoms with van der Waals surface area (Å²) in [4.78, 5) is 4.15. The molecule has 1 heteroatoms. The molecule has 0 atom stereocenters. The van der Waals surface area contributed by atoms with E-state index in [0.29, 0.717) is 6.04 Å². The van der Waals surface area contributed by atoms with Crippen molar-refractivity contribution in [3.63, 3.8) is 0 Å². The summed E-state index contributed by atoms with van der Waals surface area (Å²) in [6.45, 7) is 6.10. The standard InChI is InChI=1S/C9H15N/c1-4-5-6-7-8-10-9(2)3/h4-9H,1-3H3/b5-4-,7-6-,10-8+. The zero-order valence-electron chi connectivity index (χ0n) is 6.91. The fraction of sp³-hybridized carbons (Fsp3) is 0.444. The molecule has 0 heterocycles. The third kappa shape index (κ3) is 7.15. The highest BCUT2D eigenvalue weighted by atomic mass is 14.7. The van der Waals surface area contributed by atoms with E-state index in [4.69, 9.17) is 0 Å². The molecule has 0 saturated heterocycles. The van der Waals surface area contributed by atoms with Crippen LogP contribution in [-0.2, 0) is 0 Å². The van der Waals surface area contributed by atoms with Crippen LogP contribution in [0.4, 0.5) is 0 Å². The molecular weight excluding hydrogens is 122 g/mol. The van der Waals surface area contributed by atoms with E-state index < -0.39 is 0 Å². The van der Waals surface area contributed by atoms with E-state index in [1.165, 1.54) is 0 Å². The van der Waals surface area contributed by atoms with Gasteiger partial charge in [0.05, 0.1) is 0 Å². The Hall–Kier alpha value is -0.850. The van der Waals surface area contributed by atoms with Crippen LogP contribution in [0.5, 0.6) is 0 Å². The van der Waals surface area contributed by atoms with Gasteiger partial charge in [-0.1, -0.05) is 18.2 Å². The van der Waals surface area contributed by atoms with E-state index >= 15 is 0 Å². The number of rotatable bonds is 3.